The first-order chi connectivity index (χ1) is 11.6. The van der Waals surface area contributed by atoms with Crippen molar-refractivity contribution in [3.63, 3.8) is 0 Å². The van der Waals surface area contributed by atoms with Crippen LogP contribution in [0.25, 0.3) is 0 Å². The fraction of sp³-hybridized carbons (Fsp3) is 0.333. The van der Waals surface area contributed by atoms with Crippen LogP contribution in [0.4, 0.5) is 0 Å². The van der Waals surface area contributed by atoms with Crippen molar-refractivity contribution in [1.82, 2.24) is 5.32 Å². The standard InChI is InChI=1S/C18H21NO5/c1-23-16-7-3-2-5-13(16)11-14(18(21)22)12-19-17(20)9-8-15-6-4-10-24-15/h2-7,10,14H,8-9,11-12H2,1H3,(H,19,20)(H,21,22). The number of para-hydroxylation sites is 1. The minimum atomic E-state index is -0.952. The van der Waals surface area contributed by atoms with E-state index in [-0.39, 0.29) is 25.3 Å². The monoisotopic (exact) mass is 331 g/mol. The Bertz CT molecular complexity index is 666. The molecule has 1 aromatic carbocycles. The van der Waals surface area contributed by atoms with Gasteiger partial charge in [0.25, 0.3) is 0 Å². The Morgan fingerprint density at radius 1 is 1.25 bits per heavy atom. The van der Waals surface area contributed by atoms with E-state index in [0.29, 0.717) is 12.2 Å². The Morgan fingerprint density at radius 2 is 2.04 bits per heavy atom. The van der Waals surface area contributed by atoms with Crippen LogP contribution in [0.5, 0.6) is 5.75 Å². The lowest BCUT2D eigenvalue weighted by Gasteiger charge is -2.15. The molecule has 0 aliphatic carbocycles. The maximum atomic E-state index is 11.9. The SMILES string of the molecule is COc1ccccc1CC(CNC(=O)CCc1ccco1)C(=O)O. The molecule has 1 heterocycles. The van der Waals surface area contributed by atoms with Crippen LogP contribution in [-0.2, 0) is 22.4 Å². The van der Waals surface area contributed by atoms with E-state index in [1.54, 1.807) is 31.6 Å². The van der Waals surface area contributed by atoms with E-state index in [1.165, 1.54) is 0 Å². The first kappa shape index (κ1) is 17.6. The summed E-state index contributed by atoms with van der Waals surface area (Å²) in [6, 6.07) is 10.8. The Morgan fingerprint density at radius 3 is 2.71 bits per heavy atom. The number of aryl methyl sites for hydroxylation is 1. The van der Waals surface area contributed by atoms with Crippen LogP contribution >= 0.6 is 0 Å². The number of carboxylic acids is 1. The highest BCUT2D eigenvalue weighted by Gasteiger charge is 2.20. The Balaban J connectivity index is 1.86. The molecular weight excluding hydrogens is 310 g/mol. The topological polar surface area (TPSA) is 88.8 Å². The summed E-state index contributed by atoms with van der Waals surface area (Å²) in [5.41, 5.74) is 0.803. The van der Waals surface area contributed by atoms with Gasteiger partial charge in [0.1, 0.15) is 11.5 Å². The average molecular weight is 331 g/mol. The Kier molecular flexibility index (Phi) is 6.42. The zero-order chi connectivity index (χ0) is 17.4. The third-order valence-electron chi connectivity index (χ3n) is 3.73. The summed E-state index contributed by atoms with van der Waals surface area (Å²) in [5.74, 6) is -0.486. The summed E-state index contributed by atoms with van der Waals surface area (Å²) in [5, 5.41) is 12.1. The summed E-state index contributed by atoms with van der Waals surface area (Å²) >= 11 is 0. The second kappa shape index (κ2) is 8.76. The second-order valence-corrected chi connectivity index (χ2v) is 5.43. The molecule has 0 radical (unpaired) electrons. The van der Waals surface area contributed by atoms with Gasteiger partial charge in [0, 0.05) is 19.4 Å². The number of carbonyl (C=O) groups excluding carboxylic acids is 1. The van der Waals surface area contributed by atoms with Crippen LogP contribution in [0.1, 0.15) is 17.7 Å². The largest absolute Gasteiger partial charge is 0.496 e. The van der Waals surface area contributed by atoms with Crippen LogP contribution < -0.4 is 10.1 Å². The van der Waals surface area contributed by atoms with E-state index >= 15 is 0 Å². The van der Waals surface area contributed by atoms with Gasteiger partial charge >= 0.3 is 5.97 Å². The highest BCUT2D eigenvalue weighted by Crippen LogP contribution is 2.21. The van der Waals surface area contributed by atoms with Crippen molar-refractivity contribution in [1.29, 1.82) is 0 Å². The quantitative estimate of drug-likeness (QED) is 0.736. The summed E-state index contributed by atoms with van der Waals surface area (Å²) in [4.78, 5) is 23.3. The van der Waals surface area contributed by atoms with Gasteiger partial charge in [0.15, 0.2) is 0 Å². The smallest absolute Gasteiger partial charge is 0.308 e. The van der Waals surface area contributed by atoms with Gasteiger partial charge in [-0.25, -0.2) is 0 Å². The van der Waals surface area contributed by atoms with Crippen molar-refractivity contribution in [2.24, 2.45) is 5.92 Å². The molecule has 1 atom stereocenters. The van der Waals surface area contributed by atoms with Gasteiger partial charge in [-0.3, -0.25) is 9.59 Å². The number of hydrogen-bond acceptors (Lipinski definition) is 4. The van der Waals surface area contributed by atoms with E-state index in [2.05, 4.69) is 5.32 Å². The molecule has 6 nitrogen and oxygen atoms in total. The molecular formula is C18H21NO5. The molecule has 24 heavy (non-hydrogen) atoms. The minimum Gasteiger partial charge on any atom is -0.496 e. The molecule has 0 saturated carbocycles. The predicted octanol–water partition coefficient (Wildman–Crippen LogP) is 2.28. The molecule has 0 bridgehead atoms. The van der Waals surface area contributed by atoms with Crippen molar-refractivity contribution in [3.8, 4) is 5.75 Å². The van der Waals surface area contributed by atoms with Crippen molar-refractivity contribution in [2.75, 3.05) is 13.7 Å². The van der Waals surface area contributed by atoms with Gasteiger partial charge in [-0.1, -0.05) is 18.2 Å². The molecule has 0 aliphatic heterocycles. The third-order valence-corrected chi connectivity index (χ3v) is 3.73. The maximum Gasteiger partial charge on any atom is 0.308 e. The fourth-order valence-corrected chi connectivity index (χ4v) is 2.40. The predicted molar refractivity (Wildman–Crippen MR) is 87.9 cm³/mol. The van der Waals surface area contributed by atoms with Gasteiger partial charge in [0.2, 0.25) is 5.91 Å². The number of methoxy groups -OCH3 is 1. The number of carbonyl (C=O) groups is 2. The Hall–Kier alpha value is -2.76. The summed E-state index contributed by atoms with van der Waals surface area (Å²) in [7, 11) is 1.55. The molecule has 0 fully saturated rings. The number of carboxylic acid groups (broad SMARTS) is 1. The van der Waals surface area contributed by atoms with E-state index in [0.717, 1.165) is 11.3 Å². The summed E-state index contributed by atoms with van der Waals surface area (Å²) in [6.07, 6.45) is 2.59. The number of aliphatic carboxylic acids is 1. The number of rotatable bonds is 9. The van der Waals surface area contributed by atoms with Gasteiger partial charge in [-0.05, 0) is 30.2 Å². The highest BCUT2D eigenvalue weighted by atomic mass is 16.5. The molecule has 1 unspecified atom stereocenters. The fourth-order valence-electron chi connectivity index (χ4n) is 2.40. The normalized spacial score (nSPS) is 11.7. The number of amides is 1. The summed E-state index contributed by atoms with van der Waals surface area (Å²) < 4.78 is 10.4. The third kappa shape index (κ3) is 5.15. The zero-order valence-corrected chi connectivity index (χ0v) is 13.5. The van der Waals surface area contributed by atoms with Crippen molar-refractivity contribution in [3.05, 3.63) is 54.0 Å². The van der Waals surface area contributed by atoms with E-state index in [9.17, 15) is 14.7 Å². The zero-order valence-electron chi connectivity index (χ0n) is 13.5. The molecule has 2 aromatic rings. The first-order valence-electron chi connectivity index (χ1n) is 7.74. The lowest BCUT2D eigenvalue weighted by molar-refractivity contribution is -0.141. The first-order valence-corrected chi connectivity index (χ1v) is 7.74. The highest BCUT2D eigenvalue weighted by molar-refractivity contribution is 5.77. The second-order valence-electron chi connectivity index (χ2n) is 5.43. The maximum absolute atomic E-state index is 11.9. The molecule has 128 valence electrons. The van der Waals surface area contributed by atoms with Gasteiger partial charge in [0.05, 0.1) is 19.3 Å². The number of furan rings is 1. The number of benzene rings is 1. The van der Waals surface area contributed by atoms with Crippen molar-refractivity contribution < 1.29 is 23.8 Å². The van der Waals surface area contributed by atoms with E-state index in [1.807, 2.05) is 18.2 Å². The van der Waals surface area contributed by atoms with E-state index in [4.69, 9.17) is 9.15 Å². The van der Waals surface area contributed by atoms with Crippen LogP contribution in [0.2, 0.25) is 0 Å². The van der Waals surface area contributed by atoms with Crippen molar-refractivity contribution in [2.45, 2.75) is 19.3 Å². The molecule has 1 aromatic heterocycles. The minimum absolute atomic E-state index is 0.0738. The molecule has 2 rings (SSSR count). The van der Waals surface area contributed by atoms with Gasteiger partial charge in [-0.2, -0.15) is 0 Å². The van der Waals surface area contributed by atoms with Gasteiger partial charge in [-0.15, -0.1) is 0 Å². The molecule has 1 amide bonds. The molecule has 2 N–H and O–H groups in total. The van der Waals surface area contributed by atoms with Crippen LogP contribution in [0, 0.1) is 5.92 Å². The van der Waals surface area contributed by atoms with Crippen LogP contribution in [0.15, 0.2) is 47.1 Å². The van der Waals surface area contributed by atoms with Gasteiger partial charge < -0.3 is 19.6 Å². The number of ether oxygens (including phenoxy) is 1. The molecule has 0 saturated heterocycles. The lowest BCUT2D eigenvalue weighted by Crippen LogP contribution is -2.34. The molecule has 0 aliphatic rings. The number of nitrogens with one attached hydrogen (secondary N) is 1. The van der Waals surface area contributed by atoms with Crippen LogP contribution in [0.3, 0.4) is 0 Å². The Labute approximate surface area is 140 Å². The molecule has 6 heteroatoms. The summed E-state index contributed by atoms with van der Waals surface area (Å²) in [6.45, 7) is 0.0738. The number of hydrogen-bond donors (Lipinski definition) is 2. The lowest BCUT2D eigenvalue weighted by atomic mass is 9.98. The average Bonchev–Trinajstić information content (AvgIpc) is 3.10. The van der Waals surface area contributed by atoms with Crippen molar-refractivity contribution >= 4 is 11.9 Å². The molecule has 0 spiro atoms. The van der Waals surface area contributed by atoms with Crippen LogP contribution in [-0.4, -0.2) is 30.6 Å². The van der Waals surface area contributed by atoms with E-state index < -0.39 is 11.9 Å².